The van der Waals surface area contributed by atoms with E-state index in [9.17, 15) is 0 Å². The molecule has 0 aliphatic heterocycles. The van der Waals surface area contributed by atoms with E-state index in [1.165, 1.54) is 11.1 Å². The van der Waals surface area contributed by atoms with Crippen LogP contribution in [-0.2, 0) is 12.8 Å². The maximum atomic E-state index is 2.41. The molecule has 0 N–H and O–H groups in total. The highest BCUT2D eigenvalue weighted by molar-refractivity contribution is 5.35. The SMILES string of the molecule is CC/C=C\CC(C)c1cc(CC)ccc1CC. The largest absolute Gasteiger partial charge is 0.0888 e. The Balaban J connectivity index is 2.88. The molecule has 0 spiro atoms. The summed E-state index contributed by atoms with van der Waals surface area (Å²) in [5.41, 5.74) is 4.52. The van der Waals surface area contributed by atoms with Crippen LogP contribution < -0.4 is 0 Å². The number of hydrogen-bond donors (Lipinski definition) is 0. The van der Waals surface area contributed by atoms with Crippen LogP contribution >= 0.6 is 0 Å². The van der Waals surface area contributed by atoms with Crippen LogP contribution in [0.4, 0.5) is 0 Å². The molecule has 1 rings (SSSR count). The second-order valence-corrected chi connectivity index (χ2v) is 4.76. The highest BCUT2D eigenvalue weighted by Crippen LogP contribution is 2.25. The minimum atomic E-state index is 0.638. The Hall–Kier alpha value is -1.04. The predicted molar refractivity (Wildman–Crippen MR) is 77.7 cm³/mol. The number of rotatable bonds is 6. The van der Waals surface area contributed by atoms with Gasteiger partial charge in [-0.05, 0) is 48.3 Å². The maximum absolute atomic E-state index is 2.41. The van der Waals surface area contributed by atoms with E-state index in [1.54, 1.807) is 5.56 Å². The first kappa shape index (κ1) is 14.0. The van der Waals surface area contributed by atoms with Crippen molar-refractivity contribution in [3.63, 3.8) is 0 Å². The standard InChI is InChI=1S/C17H26/c1-5-8-9-10-14(4)17-13-15(6-2)11-12-16(17)7-3/h8-9,11-14H,5-7,10H2,1-4H3/b9-8-. The van der Waals surface area contributed by atoms with E-state index in [0.717, 1.165) is 25.7 Å². The fourth-order valence-corrected chi connectivity index (χ4v) is 2.24. The third-order valence-corrected chi connectivity index (χ3v) is 3.42. The molecule has 17 heavy (non-hydrogen) atoms. The minimum Gasteiger partial charge on any atom is -0.0888 e. The molecule has 0 fully saturated rings. The van der Waals surface area contributed by atoms with Gasteiger partial charge in [-0.3, -0.25) is 0 Å². The van der Waals surface area contributed by atoms with E-state index in [1.807, 2.05) is 0 Å². The van der Waals surface area contributed by atoms with Crippen LogP contribution in [0.25, 0.3) is 0 Å². The topological polar surface area (TPSA) is 0 Å². The molecule has 0 amide bonds. The molecule has 0 aliphatic rings. The van der Waals surface area contributed by atoms with E-state index >= 15 is 0 Å². The molecule has 1 atom stereocenters. The first-order valence-corrected chi connectivity index (χ1v) is 6.99. The van der Waals surface area contributed by atoms with E-state index < -0.39 is 0 Å². The van der Waals surface area contributed by atoms with Crippen molar-refractivity contribution < 1.29 is 0 Å². The summed E-state index contributed by atoms with van der Waals surface area (Å²) < 4.78 is 0. The van der Waals surface area contributed by atoms with Gasteiger partial charge in [-0.25, -0.2) is 0 Å². The van der Waals surface area contributed by atoms with Gasteiger partial charge >= 0.3 is 0 Å². The molecule has 0 heterocycles. The second kappa shape index (κ2) is 7.32. The van der Waals surface area contributed by atoms with Gasteiger partial charge in [0.1, 0.15) is 0 Å². The lowest BCUT2D eigenvalue weighted by Crippen LogP contribution is -1.99. The number of benzene rings is 1. The van der Waals surface area contributed by atoms with Gasteiger partial charge in [0.15, 0.2) is 0 Å². The Morgan fingerprint density at radius 2 is 1.82 bits per heavy atom. The van der Waals surface area contributed by atoms with Gasteiger partial charge in [0, 0.05) is 0 Å². The summed E-state index contributed by atoms with van der Waals surface area (Å²) in [6.45, 7) is 9.01. The van der Waals surface area contributed by atoms with Crippen molar-refractivity contribution in [3.05, 3.63) is 47.0 Å². The molecule has 1 unspecified atom stereocenters. The molecule has 0 saturated heterocycles. The van der Waals surface area contributed by atoms with Crippen LogP contribution in [-0.4, -0.2) is 0 Å². The average Bonchev–Trinajstić information content (AvgIpc) is 2.38. The zero-order chi connectivity index (χ0) is 12.7. The van der Waals surface area contributed by atoms with Crippen LogP contribution in [0.3, 0.4) is 0 Å². The lowest BCUT2D eigenvalue weighted by atomic mass is 9.90. The van der Waals surface area contributed by atoms with Crippen LogP contribution in [0.15, 0.2) is 30.4 Å². The molecule has 94 valence electrons. The normalized spacial score (nSPS) is 13.2. The molecule has 0 bridgehead atoms. The molecular weight excluding hydrogens is 204 g/mol. The van der Waals surface area contributed by atoms with Crippen molar-refractivity contribution in [1.29, 1.82) is 0 Å². The summed E-state index contributed by atoms with van der Waals surface area (Å²) in [7, 11) is 0. The van der Waals surface area contributed by atoms with Gasteiger partial charge in [0.2, 0.25) is 0 Å². The van der Waals surface area contributed by atoms with E-state index in [4.69, 9.17) is 0 Å². The Kier molecular flexibility index (Phi) is 6.04. The second-order valence-electron chi connectivity index (χ2n) is 4.76. The van der Waals surface area contributed by atoms with Gasteiger partial charge in [-0.2, -0.15) is 0 Å². The molecule has 0 radical (unpaired) electrons. The molecule has 0 aliphatic carbocycles. The van der Waals surface area contributed by atoms with Crippen LogP contribution in [0.2, 0.25) is 0 Å². The first-order chi connectivity index (χ1) is 8.22. The zero-order valence-corrected chi connectivity index (χ0v) is 11.8. The van der Waals surface area contributed by atoms with Crippen LogP contribution in [0.1, 0.15) is 63.1 Å². The summed E-state index contributed by atoms with van der Waals surface area (Å²) in [6, 6.07) is 6.99. The van der Waals surface area contributed by atoms with E-state index in [-0.39, 0.29) is 0 Å². The van der Waals surface area contributed by atoms with E-state index in [0.29, 0.717) is 5.92 Å². The monoisotopic (exact) mass is 230 g/mol. The van der Waals surface area contributed by atoms with Crippen LogP contribution in [0, 0.1) is 0 Å². The Bertz CT molecular complexity index is 360. The van der Waals surface area contributed by atoms with Crippen LogP contribution in [0.5, 0.6) is 0 Å². The maximum Gasteiger partial charge on any atom is -0.0153 e. The molecule has 1 aromatic rings. The number of aryl methyl sites for hydroxylation is 2. The van der Waals surface area contributed by atoms with Crippen molar-refractivity contribution in [2.24, 2.45) is 0 Å². The van der Waals surface area contributed by atoms with Gasteiger partial charge in [0.05, 0.1) is 0 Å². The third kappa shape index (κ3) is 4.03. The van der Waals surface area contributed by atoms with Crippen molar-refractivity contribution in [2.75, 3.05) is 0 Å². The number of hydrogen-bond acceptors (Lipinski definition) is 0. The van der Waals surface area contributed by atoms with Gasteiger partial charge in [-0.1, -0.05) is 58.0 Å². The number of allylic oxidation sites excluding steroid dienone is 2. The predicted octanol–water partition coefficient (Wildman–Crippen LogP) is 5.27. The molecular formula is C17H26. The lowest BCUT2D eigenvalue weighted by molar-refractivity contribution is 0.763. The summed E-state index contributed by atoms with van der Waals surface area (Å²) in [5.74, 6) is 0.638. The molecule has 0 nitrogen and oxygen atoms in total. The summed E-state index contributed by atoms with van der Waals surface area (Å²) >= 11 is 0. The fraction of sp³-hybridized carbons (Fsp3) is 0.529. The first-order valence-electron chi connectivity index (χ1n) is 6.99. The van der Waals surface area contributed by atoms with Crippen molar-refractivity contribution in [1.82, 2.24) is 0 Å². The quantitative estimate of drug-likeness (QED) is 0.584. The lowest BCUT2D eigenvalue weighted by Gasteiger charge is -2.15. The fourth-order valence-electron chi connectivity index (χ4n) is 2.24. The van der Waals surface area contributed by atoms with Gasteiger partial charge < -0.3 is 0 Å². The smallest absolute Gasteiger partial charge is 0.0153 e. The average molecular weight is 230 g/mol. The summed E-state index contributed by atoms with van der Waals surface area (Å²) in [6.07, 6.45) is 9.17. The van der Waals surface area contributed by atoms with Gasteiger partial charge in [-0.15, -0.1) is 0 Å². The highest BCUT2D eigenvalue weighted by Gasteiger charge is 2.09. The molecule has 0 saturated carbocycles. The Morgan fingerprint density at radius 3 is 2.41 bits per heavy atom. The summed E-state index contributed by atoms with van der Waals surface area (Å²) in [5, 5.41) is 0. The van der Waals surface area contributed by atoms with E-state index in [2.05, 4.69) is 58.0 Å². The van der Waals surface area contributed by atoms with Gasteiger partial charge in [0.25, 0.3) is 0 Å². The molecule has 0 heteroatoms. The minimum absolute atomic E-state index is 0.638. The zero-order valence-electron chi connectivity index (χ0n) is 11.8. The highest BCUT2D eigenvalue weighted by atomic mass is 14.1. The third-order valence-electron chi connectivity index (χ3n) is 3.42. The Labute approximate surface area is 107 Å². The van der Waals surface area contributed by atoms with Crippen molar-refractivity contribution in [3.8, 4) is 0 Å². The summed E-state index contributed by atoms with van der Waals surface area (Å²) in [4.78, 5) is 0. The Morgan fingerprint density at radius 1 is 1.06 bits per heavy atom. The molecule has 0 aromatic heterocycles. The molecule has 1 aromatic carbocycles. The van der Waals surface area contributed by atoms with Crippen molar-refractivity contribution in [2.45, 2.75) is 59.3 Å². The van der Waals surface area contributed by atoms with Crippen molar-refractivity contribution >= 4 is 0 Å².